The molecule has 0 bridgehead atoms. The monoisotopic (exact) mass is 385 g/mol. The molecule has 0 aromatic heterocycles. The lowest BCUT2D eigenvalue weighted by molar-refractivity contribution is -0.138. The molecule has 1 aliphatic carbocycles. The Balaban J connectivity index is 1.52. The molecule has 1 saturated carbocycles. The minimum atomic E-state index is -0.0868. The fourth-order valence-corrected chi connectivity index (χ4v) is 4.64. The number of nitrogens with one attached hydrogen (secondary N) is 1. The highest BCUT2D eigenvalue weighted by atomic mass is 16.2. The third kappa shape index (κ3) is 5.13. The van der Waals surface area contributed by atoms with Gasteiger partial charge in [-0.2, -0.15) is 0 Å². The zero-order valence-corrected chi connectivity index (χ0v) is 17.5. The van der Waals surface area contributed by atoms with Crippen molar-refractivity contribution < 1.29 is 9.59 Å². The van der Waals surface area contributed by atoms with E-state index in [0.29, 0.717) is 32.5 Å². The van der Waals surface area contributed by atoms with Crippen LogP contribution in [0.25, 0.3) is 0 Å². The number of piperidine rings is 1. The molecule has 2 amide bonds. The first-order valence-electron chi connectivity index (χ1n) is 10.8. The van der Waals surface area contributed by atoms with E-state index in [1.807, 2.05) is 23.1 Å². The van der Waals surface area contributed by atoms with Gasteiger partial charge in [-0.1, -0.05) is 49.6 Å². The maximum absolute atomic E-state index is 12.9. The summed E-state index contributed by atoms with van der Waals surface area (Å²) in [4.78, 5) is 29.4. The van der Waals surface area contributed by atoms with Crippen LogP contribution in [0.1, 0.15) is 50.5 Å². The molecule has 0 radical (unpaired) electrons. The summed E-state index contributed by atoms with van der Waals surface area (Å²) in [5, 5.41) is 3.23. The predicted molar refractivity (Wildman–Crippen MR) is 112 cm³/mol. The number of benzene rings is 1. The first-order chi connectivity index (χ1) is 13.5. The highest BCUT2D eigenvalue weighted by Gasteiger charge is 2.36. The van der Waals surface area contributed by atoms with Crippen LogP contribution in [0.2, 0.25) is 0 Å². The van der Waals surface area contributed by atoms with Gasteiger partial charge in [0, 0.05) is 31.6 Å². The van der Waals surface area contributed by atoms with Gasteiger partial charge in [0.05, 0.1) is 5.92 Å². The maximum atomic E-state index is 12.9. The first-order valence-corrected chi connectivity index (χ1v) is 10.8. The minimum Gasteiger partial charge on any atom is -0.354 e. The molecule has 0 spiro atoms. The standard InChI is InChI=1S/C23H35N3O2/c1-25(2)23(14-7-4-8-15-23)18-24-22(28)20-11-12-21(27)26(17-20)16-13-19-9-5-3-6-10-19/h3,5-6,9-10,20H,4,7-8,11-18H2,1-2H3,(H,24,28)/t20-/m0/s1. The molecule has 0 unspecified atom stereocenters. The molecular formula is C23H35N3O2. The number of likely N-dealkylation sites (N-methyl/N-ethyl adjacent to an activating group) is 1. The summed E-state index contributed by atoms with van der Waals surface area (Å²) in [5.41, 5.74) is 1.32. The van der Waals surface area contributed by atoms with Gasteiger partial charge < -0.3 is 15.1 Å². The summed E-state index contributed by atoms with van der Waals surface area (Å²) in [6.45, 7) is 1.95. The Morgan fingerprint density at radius 2 is 1.89 bits per heavy atom. The second-order valence-corrected chi connectivity index (χ2v) is 8.71. The van der Waals surface area contributed by atoms with E-state index in [9.17, 15) is 9.59 Å². The fraction of sp³-hybridized carbons (Fsp3) is 0.652. The van der Waals surface area contributed by atoms with Gasteiger partial charge in [-0.25, -0.2) is 0 Å². The molecule has 1 saturated heterocycles. The maximum Gasteiger partial charge on any atom is 0.224 e. The highest BCUT2D eigenvalue weighted by Crippen LogP contribution is 2.31. The van der Waals surface area contributed by atoms with Crippen LogP contribution in [0.5, 0.6) is 0 Å². The van der Waals surface area contributed by atoms with Crippen molar-refractivity contribution in [1.82, 2.24) is 15.1 Å². The Morgan fingerprint density at radius 1 is 1.18 bits per heavy atom. The highest BCUT2D eigenvalue weighted by molar-refractivity contribution is 5.83. The predicted octanol–water partition coefficient (Wildman–Crippen LogP) is 2.85. The van der Waals surface area contributed by atoms with Crippen molar-refractivity contribution in [3.8, 4) is 0 Å². The van der Waals surface area contributed by atoms with Crippen molar-refractivity contribution >= 4 is 11.8 Å². The third-order valence-corrected chi connectivity index (χ3v) is 6.71. The zero-order chi connectivity index (χ0) is 20.0. The van der Waals surface area contributed by atoms with Gasteiger partial charge in [-0.05, 0) is 45.3 Å². The second kappa shape index (κ2) is 9.55. The quantitative estimate of drug-likeness (QED) is 0.785. The van der Waals surface area contributed by atoms with E-state index in [-0.39, 0.29) is 23.3 Å². The van der Waals surface area contributed by atoms with Crippen molar-refractivity contribution in [3.63, 3.8) is 0 Å². The summed E-state index contributed by atoms with van der Waals surface area (Å²) >= 11 is 0. The number of carbonyl (C=O) groups is 2. The fourth-order valence-electron chi connectivity index (χ4n) is 4.64. The topological polar surface area (TPSA) is 52.7 Å². The molecule has 3 rings (SSSR count). The van der Waals surface area contributed by atoms with Crippen LogP contribution in [0, 0.1) is 5.92 Å². The number of amides is 2. The average Bonchev–Trinajstić information content (AvgIpc) is 2.72. The minimum absolute atomic E-state index is 0.0868. The second-order valence-electron chi connectivity index (χ2n) is 8.71. The summed E-state index contributed by atoms with van der Waals surface area (Å²) in [5.74, 6) is 0.206. The van der Waals surface area contributed by atoms with Crippen LogP contribution >= 0.6 is 0 Å². The molecule has 2 aliphatic rings. The van der Waals surface area contributed by atoms with E-state index in [0.717, 1.165) is 19.3 Å². The summed E-state index contributed by atoms with van der Waals surface area (Å²) in [6.07, 6.45) is 8.04. The SMILES string of the molecule is CN(C)C1(CNC(=O)[C@H]2CCC(=O)N(CCc3ccccc3)C2)CCCCC1. The van der Waals surface area contributed by atoms with E-state index in [2.05, 4.69) is 36.4 Å². The van der Waals surface area contributed by atoms with Crippen LogP contribution in [0.15, 0.2) is 30.3 Å². The van der Waals surface area contributed by atoms with E-state index in [4.69, 9.17) is 0 Å². The van der Waals surface area contributed by atoms with Gasteiger partial charge >= 0.3 is 0 Å². The third-order valence-electron chi connectivity index (χ3n) is 6.71. The number of hydrogen-bond donors (Lipinski definition) is 1. The molecule has 5 heteroatoms. The number of nitrogens with zero attached hydrogens (tertiary/aromatic N) is 2. The van der Waals surface area contributed by atoms with Crippen molar-refractivity contribution in [2.75, 3.05) is 33.7 Å². The number of likely N-dealkylation sites (tertiary alicyclic amines) is 1. The molecule has 1 aliphatic heterocycles. The van der Waals surface area contributed by atoms with Crippen LogP contribution in [-0.2, 0) is 16.0 Å². The van der Waals surface area contributed by atoms with Crippen LogP contribution < -0.4 is 5.32 Å². The average molecular weight is 386 g/mol. The van der Waals surface area contributed by atoms with Crippen molar-refractivity contribution in [1.29, 1.82) is 0 Å². The van der Waals surface area contributed by atoms with Gasteiger partial charge in [0.25, 0.3) is 0 Å². The number of carbonyl (C=O) groups excluding carboxylic acids is 2. The van der Waals surface area contributed by atoms with Crippen molar-refractivity contribution in [2.45, 2.75) is 56.9 Å². The smallest absolute Gasteiger partial charge is 0.224 e. The first kappa shape index (κ1) is 20.8. The number of rotatable bonds is 7. The molecule has 1 heterocycles. The van der Waals surface area contributed by atoms with E-state index in [1.54, 1.807) is 0 Å². The molecule has 2 fully saturated rings. The molecule has 5 nitrogen and oxygen atoms in total. The summed E-state index contributed by atoms with van der Waals surface area (Å²) in [7, 11) is 4.25. The Kier molecular flexibility index (Phi) is 7.11. The Labute approximate surface area is 169 Å². The molecule has 1 atom stereocenters. The van der Waals surface area contributed by atoms with Crippen molar-refractivity contribution in [3.05, 3.63) is 35.9 Å². The molecular weight excluding hydrogens is 350 g/mol. The molecule has 154 valence electrons. The van der Waals surface area contributed by atoms with E-state index < -0.39 is 0 Å². The van der Waals surface area contributed by atoms with Crippen LogP contribution in [-0.4, -0.2) is 60.9 Å². The van der Waals surface area contributed by atoms with Gasteiger partial charge in [0.1, 0.15) is 0 Å². The normalized spacial score (nSPS) is 22.3. The van der Waals surface area contributed by atoms with Gasteiger partial charge in [0.15, 0.2) is 0 Å². The molecule has 28 heavy (non-hydrogen) atoms. The Hall–Kier alpha value is -1.88. The van der Waals surface area contributed by atoms with Gasteiger partial charge in [-0.15, -0.1) is 0 Å². The molecule has 1 aromatic rings. The lowest BCUT2D eigenvalue weighted by Gasteiger charge is -2.43. The zero-order valence-electron chi connectivity index (χ0n) is 17.5. The number of hydrogen-bond acceptors (Lipinski definition) is 3. The lowest BCUT2D eigenvalue weighted by Crippen LogP contribution is -2.55. The molecule has 1 aromatic carbocycles. The van der Waals surface area contributed by atoms with Crippen LogP contribution in [0.4, 0.5) is 0 Å². The van der Waals surface area contributed by atoms with Crippen molar-refractivity contribution in [2.24, 2.45) is 5.92 Å². The van der Waals surface area contributed by atoms with Gasteiger partial charge in [0.2, 0.25) is 11.8 Å². The Bertz CT molecular complexity index is 653. The van der Waals surface area contributed by atoms with E-state index >= 15 is 0 Å². The van der Waals surface area contributed by atoms with Gasteiger partial charge in [-0.3, -0.25) is 9.59 Å². The largest absolute Gasteiger partial charge is 0.354 e. The van der Waals surface area contributed by atoms with E-state index in [1.165, 1.54) is 24.8 Å². The lowest BCUT2D eigenvalue weighted by atomic mass is 9.80. The molecule has 1 N–H and O–H groups in total. The Morgan fingerprint density at radius 3 is 2.57 bits per heavy atom. The summed E-state index contributed by atoms with van der Waals surface area (Å²) in [6, 6.07) is 10.2. The summed E-state index contributed by atoms with van der Waals surface area (Å²) < 4.78 is 0. The van der Waals surface area contributed by atoms with Crippen LogP contribution in [0.3, 0.4) is 0 Å².